The van der Waals surface area contributed by atoms with Crippen LogP contribution in [0.4, 0.5) is 0 Å². The molecule has 180 valence electrons. The summed E-state index contributed by atoms with van der Waals surface area (Å²) >= 11 is 0. The van der Waals surface area contributed by atoms with Crippen LogP contribution in [-0.4, -0.2) is 59.1 Å². The van der Waals surface area contributed by atoms with Crippen LogP contribution in [0, 0.1) is 34.5 Å². The highest BCUT2D eigenvalue weighted by molar-refractivity contribution is 5.84. The lowest BCUT2D eigenvalue weighted by Crippen LogP contribution is -2.54. The van der Waals surface area contributed by atoms with E-state index in [2.05, 4.69) is 31.9 Å². The standard InChI is InChI=1S/C28H46N2O2/c1-7-27(4,32)25(31)30(6)20-12-14-26(3)19(16-20)8-9-21-23(26)13-15-28-17-29(5)18(2)22(28)10-11-24(21)28/h8,18,20-24,32H,7,9-17H2,1-6H3/t18-,20-,21+,22+,23-,24-,26-,27?,28?/m0/s1. The molecule has 5 rings (SSSR count). The molecule has 1 aliphatic heterocycles. The van der Waals surface area contributed by atoms with Crippen LogP contribution in [0.1, 0.15) is 85.5 Å². The van der Waals surface area contributed by atoms with E-state index >= 15 is 0 Å². The number of rotatable bonds is 3. The molecule has 0 radical (unpaired) electrons. The Bertz CT molecular complexity index is 805. The Morgan fingerprint density at radius 1 is 1.22 bits per heavy atom. The van der Waals surface area contributed by atoms with Gasteiger partial charge in [0.2, 0.25) is 0 Å². The van der Waals surface area contributed by atoms with Gasteiger partial charge in [0.25, 0.3) is 5.91 Å². The summed E-state index contributed by atoms with van der Waals surface area (Å²) in [6.45, 7) is 9.91. The second kappa shape index (κ2) is 7.57. The SMILES string of the molecule is CCC(C)(O)C(=O)N(C)[C@H]1CC[C@@]2(C)C(=CC[C@H]3[C@@H]4CC[C@@H]5[C@H](C)N(C)CC54CC[C@@H]32)C1. The average Bonchev–Trinajstić information content (AvgIpc) is 3.26. The molecule has 1 N–H and O–H groups in total. The molecule has 1 amide bonds. The van der Waals surface area contributed by atoms with Gasteiger partial charge in [-0.1, -0.05) is 25.5 Å². The molecule has 0 aromatic heterocycles. The third kappa shape index (κ3) is 3.04. The van der Waals surface area contributed by atoms with Crippen molar-refractivity contribution in [3.05, 3.63) is 11.6 Å². The normalized spacial score (nSPS) is 47.5. The van der Waals surface area contributed by atoms with E-state index < -0.39 is 5.60 Å². The monoisotopic (exact) mass is 442 g/mol. The number of fused-ring (bicyclic) bond motifs is 4. The minimum atomic E-state index is -1.25. The molecule has 1 spiro atoms. The van der Waals surface area contributed by atoms with Gasteiger partial charge >= 0.3 is 0 Å². The fraction of sp³-hybridized carbons (Fsp3) is 0.893. The molecule has 4 heteroatoms. The van der Waals surface area contributed by atoms with E-state index in [0.717, 1.165) is 42.6 Å². The van der Waals surface area contributed by atoms with Crippen molar-refractivity contribution >= 4 is 5.91 Å². The Labute approximate surface area is 195 Å². The fourth-order valence-corrected chi connectivity index (χ4v) is 9.47. The molecule has 2 unspecified atom stereocenters. The minimum absolute atomic E-state index is 0.112. The van der Waals surface area contributed by atoms with Crippen LogP contribution in [0.2, 0.25) is 0 Å². The summed E-state index contributed by atoms with van der Waals surface area (Å²) < 4.78 is 0. The van der Waals surface area contributed by atoms with Crippen LogP contribution in [0.15, 0.2) is 11.6 Å². The first kappa shape index (κ1) is 22.9. The topological polar surface area (TPSA) is 43.8 Å². The van der Waals surface area contributed by atoms with Crippen LogP contribution < -0.4 is 0 Å². The molecule has 4 nitrogen and oxygen atoms in total. The lowest BCUT2D eigenvalue weighted by Gasteiger charge is -2.58. The van der Waals surface area contributed by atoms with E-state index in [9.17, 15) is 9.90 Å². The van der Waals surface area contributed by atoms with Crippen molar-refractivity contribution in [2.75, 3.05) is 20.6 Å². The summed E-state index contributed by atoms with van der Waals surface area (Å²) in [5.41, 5.74) is 1.27. The molecule has 4 aliphatic carbocycles. The molecule has 0 bridgehead atoms. The fourth-order valence-electron chi connectivity index (χ4n) is 9.47. The Balaban J connectivity index is 1.36. The van der Waals surface area contributed by atoms with Gasteiger partial charge in [-0.05, 0) is 113 Å². The highest BCUT2D eigenvalue weighted by atomic mass is 16.3. The Hall–Kier alpha value is -0.870. The molecule has 4 fully saturated rings. The van der Waals surface area contributed by atoms with Crippen molar-refractivity contribution in [2.24, 2.45) is 34.5 Å². The number of aliphatic hydroxyl groups is 1. The van der Waals surface area contributed by atoms with Crippen molar-refractivity contribution in [1.82, 2.24) is 9.80 Å². The number of carbonyl (C=O) groups excluding carboxylic acids is 1. The Morgan fingerprint density at radius 3 is 2.66 bits per heavy atom. The van der Waals surface area contributed by atoms with Crippen LogP contribution in [-0.2, 0) is 4.79 Å². The van der Waals surface area contributed by atoms with Crippen molar-refractivity contribution < 1.29 is 9.90 Å². The van der Waals surface area contributed by atoms with Gasteiger partial charge in [0.1, 0.15) is 5.60 Å². The first-order chi connectivity index (χ1) is 15.0. The largest absolute Gasteiger partial charge is 0.380 e. The highest BCUT2D eigenvalue weighted by Crippen LogP contribution is 2.68. The number of carbonyl (C=O) groups is 1. The predicted molar refractivity (Wildman–Crippen MR) is 129 cm³/mol. The van der Waals surface area contributed by atoms with Crippen LogP contribution >= 0.6 is 0 Å². The zero-order valence-electron chi connectivity index (χ0n) is 21.4. The number of likely N-dealkylation sites (tertiary alicyclic amines) is 1. The smallest absolute Gasteiger partial charge is 0.254 e. The summed E-state index contributed by atoms with van der Waals surface area (Å²) in [5, 5.41) is 10.5. The quantitative estimate of drug-likeness (QED) is 0.634. The Kier molecular flexibility index (Phi) is 5.41. The van der Waals surface area contributed by atoms with Gasteiger partial charge in [-0.15, -0.1) is 0 Å². The molecule has 0 aromatic rings. The maximum atomic E-state index is 12.9. The third-order valence-corrected chi connectivity index (χ3v) is 11.7. The van der Waals surface area contributed by atoms with Crippen molar-refractivity contribution in [3.8, 4) is 0 Å². The molecule has 1 saturated heterocycles. The molecule has 5 aliphatic rings. The van der Waals surface area contributed by atoms with Crippen molar-refractivity contribution in [2.45, 2.75) is 103 Å². The van der Waals surface area contributed by atoms with E-state index in [-0.39, 0.29) is 11.9 Å². The maximum absolute atomic E-state index is 12.9. The summed E-state index contributed by atoms with van der Waals surface area (Å²) in [6, 6.07) is 0.984. The van der Waals surface area contributed by atoms with E-state index in [0.29, 0.717) is 17.3 Å². The summed E-state index contributed by atoms with van der Waals surface area (Å²) in [5.74, 6) is 3.39. The number of amides is 1. The van der Waals surface area contributed by atoms with Gasteiger partial charge in [0.05, 0.1) is 0 Å². The lowest BCUT2D eigenvalue weighted by atomic mass is 9.47. The van der Waals surface area contributed by atoms with E-state index in [1.54, 1.807) is 12.5 Å². The van der Waals surface area contributed by atoms with Gasteiger partial charge in [0, 0.05) is 25.7 Å². The second-order valence-electron chi connectivity index (χ2n) is 12.8. The highest BCUT2D eigenvalue weighted by Gasteiger charge is 2.64. The number of hydrogen-bond acceptors (Lipinski definition) is 3. The lowest BCUT2D eigenvalue weighted by molar-refractivity contribution is -0.151. The van der Waals surface area contributed by atoms with Gasteiger partial charge in [-0.25, -0.2) is 0 Å². The first-order valence-corrected chi connectivity index (χ1v) is 13.4. The number of likely N-dealkylation sites (N-methyl/N-ethyl adjacent to an activating group) is 1. The van der Waals surface area contributed by atoms with Crippen molar-refractivity contribution in [1.29, 1.82) is 0 Å². The maximum Gasteiger partial charge on any atom is 0.254 e. The van der Waals surface area contributed by atoms with Gasteiger partial charge in [-0.3, -0.25) is 4.79 Å². The van der Waals surface area contributed by atoms with Crippen molar-refractivity contribution in [3.63, 3.8) is 0 Å². The zero-order chi connectivity index (χ0) is 23.1. The molecular formula is C28H46N2O2. The molecule has 3 saturated carbocycles. The Morgan fingerprint density at radius 2 is 1.94 bits per heavy atom. The van der Waals surface area contributed by atoms with Gasteiger partial charge < -0.3 is 14.9 Å². The summed E-state index contributed by atoms with van der Waals surface area (Å²) in [7, 11) is 4.27. The number of allylic oxidation sites excluding steroid dienone is 1. The zero-order valence-corrected chi connectivity index (χ0v) is 21.4. The van der Waals surface area contributed by atoms with Crippen LogP contribution in [0.25, 0.3) is 0 Å². The second-order valence-corrected chi connectivity index (χ2v) is 12.8. The molecule has 0 aromatic carbocycles. The first-order valence-electron chi connectivity index (χ1n) is 13.4. The van der Waals surface area contributed by atoms with E-state index in [1.807, 2.05) is 18.9 Å². The summed E-state index contributed by atoms with van der Waals surface area (Å²) in [6.07, 6.45) is 13.3. The van der Waals surface area contributed by atoms with Crippen LogP contribution in [0.5, 0.6) is 0 Å². The molecule has 32 heavy (non-hydrogen) atoms. The van der Waals surface area contributed by atoms with Crippen LogP contribution in [0.3, 0.4) is 0 Å². The number of hydrogen-bond donors (Lipinski definition) is 1. The summed E-state index contributed by atoms with van der Waals surface area (Å²) in [4.78, 5) is 17.4. The molecular weight excluding hydrogens is 396 g/mol. The van der Waals surface area contributed by atoms with E-state index in [4.69, 9.17) is 0 Å². The van der Waals surface area contributed by atoms with Gasteiger partial charge in [0.15, 0.2) is 0 Å². The number of nitrogens with zero attached hydrogens (tertiary/aromatic N) is 2. The van der Waals surface area contributed by atoms with E-state index in [1.165, 1.54) is 45.1 Å². The molecule has 1 heterocycles. The predicted octanol–water partition coefficient (Wildman–Crippen LogP) is 4.87. The molecule has 9 atom stereocenters. The van der Waals surface area contributed by atoms with Gasteiger partial charge in [-0.2, -0.15) is 0 Å². The average molecular weight is 443 g/mol. The third-order valence-electron chi connectivity index (χ3n) is 11.7. The minimum Gasteiger partial charge on any atom is -0.380 e.